The highest BCUT2D eigenvalue weighted by molar-refractivity contribution is 5.97. The molecule has 0 aliphatic carbocycles. The molecule has 2 heterocycles. The maximum absolute atomic E-state index is 12.9. The minimum absolute atomic E-state index is 0.102. The Morgan fingerprint density at radius 2 is 1.96 bits per heavy atom. The summed E-state index contributed by atoms with van der Waals surface area (Å²) in [6.07, 6.45) is 2.06. The average Bonchev–Trinajstić information content (AvgIpc) is 2.81. The first-order valence-electron chi connectivity index (χ1n) is 9.44. The van der Waals surface area contributed by atoms with Gasteiger partial charge in [0, 0.05) is 6.54 Å². The molecule has 1 spiro atoms. The number of benzene rings is 2. The largest absolute Gasteiger partial charge is 0.483 e. The predicted molar refractivity (Wildman–Crippen MR) is 103 cm³/mol. The molecule has 0 saturated carbocycles. The summed E-state index contributed by atoms with van der Waals surface area (Å²) in [7, 11) is 0. The predicted octanol–water partition coefficient (Wildman–Crippen LogP) is 2.72. The molecular weight excluding hydrogens is 340 g/mol. The Morgan fingerprint density at radius 1 is 1.19 bits per heavy atom. The normalized spacial score (nSPS) is 21.8. The summed E-state index contributed by atoms with van der Waals surface area (Å²) in [5, 5.41) is 2.97. The molecule has 0 unspecified atom stereocenters. The summed E-state index contributed by atoms with van der Waals surface area (Å²) < 4.78 is 6.32. The summed E-state index contributed by atoms with van der Waals surface area (Å²) in [6.45, 7) is 3.67. The monoisotopic (exact) mass is 364 g/mol. The van der Waals surface area contributed by atoms with Crippen molar-refractivity contribution in [2.45, 2.75) is 31.8 Å². The molecule has 1 fully saturated rings. The Kier molecular flexibility index (Phi) is 4.60. The standard InChI is InChI=1S/C22H24N2O3/c1-16-7-9-17(10-8-16)13-20(25)24-12-4-11-22(15-24)14-23-21(26)18-5-2-3-6-19(18)27-22/h2-3,5-10H,4,11-15H2,1H3,(H,23,26)/t22-/m0/s1. The first-order chi connectivity index (χ1) is 13.0. The van der Waals surface area contributed by atoms with Crippen molar-refractivity contribution < 1.29 is 14.3 Å². The second-order valence-electron chi connectivity index (χ2n) is 7.55. The molecule has 5 nitrogen and oxygen atoms in total. The van der Waals surface area contributed by atoms with Crippen molar-refractivity contribution in [3.8, 4) is 5.75 Å². The van der Waals surface area contributed by atoms with E-state index in [2.05, 4.69) is 5.32 Å². The highest BCUT2D eigenvalue weighted by Gasteiger charge is 2.41. The molecule has 0 radical (unpaired) electrons. The number of carbonyl (C=O) groups is 2. The molecule has 2 aliphatic rings. The van der Waals surface area contributed by atoms with E-state index in [-0.39, 0.29) is 11.8 Å². The van der Waals surface area contributed by atoms with E-state index < -0.39 is 5.60 Å². The van der Waals surface area contributed by atoms with Gasteiger partial charge in [0.1, 0.15) is 11.4 Å². The van der Waals surface area contributed by atoms with Gasteiger partial charge >= 0.3 is 0 Å². The number of para-hydroxylation sites is 1. The van der Waals surface area contributed by atoms with Gasteiger partial charge in [-0.3, -0.25) is 9.59 Å². The number of nitrogens with zero attached hydrogens (tertiary/aromatic N) is 1. The molecule has 140 valence electrons. The zero-order valence-corrected chi connectivity index (χ0v) is 15.5. The van der Waals surface area contributed by atoms with E-state index in [1.54, 1.807) is 6.07 Å². The van der Waals surface area contributed by atoms with E-state index in [0.717, 1.165) is 24.9 Å². The van der Waals surface area contributed by atoms with Crippen LogP contribution in [0, 0.1) is 6.92 Å². The van der Waals surface area contributed by atoms with Gasteiger partial charge in [0.2, 0.25) is 5.91 Å². The van der Waals surface area contributed by atoms with Crippen molar-refractivity contribution >= 4 is 11.8 Å². The number of hydrogen-bond acceptors (Lipinski definition) is 3. The lowest BCUT2D eigenvalue weighted by molar-refractivity contribution is -0.136. The van der Waals surface area contributed by atoms with Crippen molar-refractivity contribution in [3.05, 3.63) is 65.2 Å². The lowest BCUT2D eigenvalue weighted by Gasteiger charge is -2.42. The number of likely N-dealkylation sites (tertiary alicyclic amines) is 1. The zero-order valence-electron chi connectivity index (χ0n) is 15.5. The van der Waals surface area contributed by atoms with Crippen LogP contribution in [-0.4, -0.2) is 41.9 Å². The SMILES string of the molecule is Cc1ccc(CC(=O)N2CCC[C@]3(CNC(=O)c4ccccc4O3)C2)cc1. The smallest absolute Gasteiger partial charge is 0.255 e. The number of hydrogen-bond donors (Lipinski definition) is 1. The van der Waals surface area contributed by atoms with E-state index in [0.29, 0.717) is 30.8 Å². The van der Waals surface area contributed by atoms with Gasteiger partial charge in [-0.05, 0) is 37.5 Å². The highest BCUT2D eigenvalue weighted by atomic mass is 16.5. The Bertz CT molecular complexity index is 862. The van der Waals surface area contributed by atoms with Crippen molar-refractivity contribution in [1.82, 2.24) is 10.2 Å². The third-order valence-electron chi connectivity index (χ3n) is 5.40. The van der Waals surface area contributed by atoms with Gasteiger partial charge in [0.05, 0.1) is 25.1 Å². The molecular formula is C22H24N2O3. The fourth-order valence-corrected chi connectivity index (χ4v) is 3.88. The molecule has 5 heteroatoms. The Morgan fingerprint density at radius 3 is 2.78 bits per heavy atom. The van der Waals surface area contributed by atoms with E-state index in [1.165, 1.54) is 5.56 Å². The van der Waals surface area contributed by atoms with Crippen LogP contribution in [0.5, 0.6) is 5.75 Å². The first-order valence-corrected chi connectivity index (χ1v) is 9.44. The van der Waals surface area contributed by atoms with E-state index in [9.17, 15) is 9.59 Å². The molecule has 4 rings (SSSR count). The van der Waals surface area contributed by atoms with Gasteiger partial charge in [-0.25, -0.2) is 0 Å². The Balaban J connectivity index is 1.51. The van der Waals surface area contributed by atoms with Crippen molar-refractivity contribution in [2.24, 2.45) is 0 Å². The minimum atomic E-state index is -0.566. The van der Waals surface area contributed by atoms with Crippen molar-refractivity contribution in [3.63, 3.8) is 0 Å². The van der Waals surface area contributed by atoms with Crippen LogP contribution in [0.2, 0.25) is 0 Å². The summed E-state index contributed by atoms with van der Waals surface area (Å²) in [4.78, 5) is 27.1. The van der Waals surface area contributed by atoms with Gasteiger partial charge in [-0.2, -0.15) is 0 Å². The number of piperidine rings is 1. The van der Waals surface area contributed by atoms with Crippen LogP contribution in [0.25, 0.3) is 0 Å². The molecule has 2 amide bonds. The third kappa shape index (κ3) is 3.68. The van der Waals surface area contributed by atoms with Gasteiger partial charge in [-0.15, -0.1) is 0 Å². The van der Waals surface area contributed by atoms with E-state index in [1.807, 2.05) is 54.3 Å². The highest BCUT2D eigenvalue weighted by Crippen LogP contribution is 2.32. The number of nitrogens with one attached hydrogen (secondary N) is 1. The molecule has 1 saturated heterocycles. The molecule has 0 aromatic heterocycles. The Labute approximate surface area is 159 Å². The topological polar surface area (TPSA) is 58.6 Å². The lowest BCUT2D eigenvalue weighted by atomic mass is 9.91. The lowest BCUT2D eigenvalue weighted by Crippen LogP contribution is -2.58. The van der Waals surface area contributed by atoms with Gasteiger partial charge in [0.15, 0.2) is 0 Å². The third-order valence-corrected chi connectivity index (χ3v) is 5.40. The maximum atomic E-state index is 12.9. The van der Waals surface area contributed by atoms with Gasteiger partial charge < -0.3 is 15.0 Å². The van der Waals surface area contributed by atoms with Crippen LogP contribution in [0.3, 0.4) is 0 Å². The molecule has 0 bridgehead atoms. The summed E-state index contributed by atoms with van der Waals surface area (Å²) >= 11 is 0. The van der Waals surface area contributed by atoms with Gasteiger partial charge in [-0.1, -0.05) is 42.0 Å². The zero-order chi connectivity index (χ0) is 18.9. The number of amides is 2. The van der Waals surface area contributed by atoms with E-state index in [4.69, 9.17) is 4.74 Å². The quantitative estimate of drug-likeness (QED) is 0.891. The number of aryl methyl sites for hydroxylation is 1. The fraction of sp³-hybridized carbons (Fsp3) is 0.364. The molecule has 27 heavy (non-hydrogen) atoms. The molecule has 2 aliphatic heterocycles. The van der Waals surface area contributed by atoms with Crippen LogP contribution in [0.4, 0.5) is 0 Å². The summed E-state index contributed by atoms with van der Waals surface area (Å²) in [5.74, 6) is 0.580. The van der Waals surface area contributed by atoms with Crippen LogP contribution in [0.15, 0.2) is 48.5 Å². The second-order valence-corrected chi connectivity index (χ2v) is 7.55. The second kappa shape index (κ2) is 7.06. The van der Waals surface area contributed by atoms with Crippen LogP contribution >= 0.6 is 0 Å². The average molecular weight is 364 g/mol. The number of carbonyl (C=O) groups excluding carboxylic acids is 2. The molecule has 1 atom stereocenters. The van der Waals surface area contributed by atoms with Gasteiger partial charge in [0.25, 0.3) is 5.91 Å². The van der Waals surface area contributed by atoms with Crippen LogP contribution in [0.1, 0.15) is 34.3 Å². The van der Waals surface area contributed by atoms with Crippen LogP contribution in [-0.2, 0) is 11.2 Å². The molecule has 2 aromatic rings. The van der Waals surface area contributed by atoms with E-state index >= 15 is 0 Å². The van der Waals surface area contributed by atoms with Crippen molar-refractivity contribution in [1.29, 1.82) is 0 Å². The summed E-state index contributed by atoms with van der Waals surface area (Å²) in [6, 6.07) is 15.4. The number of ether oxygens (including phenoxy) is 1. The molecule has 2 aromatic carbocycles. The summed E-state index contributed by atoms with van der Waals surface area (Å²) in [5.41, 5.74) is 2.19. The minimum Gasteiger partial charge on any atom is -0.483 e. The van der Waals surface area contributed by atoms with Crippen LogP contribution < -0.4 is 10.1 Å². The first kappa shape index (κ1) is 17.6. The molecule has 1 N–H and O–H groups in total. The Hall–Kier alpha value is -2.82. The number of fused-ring (bicyclic) bond motifs is 1. The fourth-order valence-electron chi connectivity index (χ4n) is 3.88. The van der Waals surface area contributed by atoms with Crippen molar-refractivity contribution in [2.75, 3.05) is 19.6 Å². The number of rotatable bonds is 2. The maximum Gasteiger partial charge on any atom is 0.255 e.